The average molecular weight is 312 g/mol. The standard InChI is InChI=1S/C16H28N2O2S/c1-15(2,3)12-16(4,5)18-14(19)17-8-10-21-11-13-7-6-9-20-13/h6-7,9H,8,10-12H2,1-5H3,(H2,17,18,19). The summed E-state index contributed by atoms with van der Waals surface area (Å²) >= 11 is 1.74. The normalized spacial score (nSPS) is 12.2. The van der Waals surface area contributed by atoms with E-state index in [-0.39, 0.29) is 17.0 Å². The maximum absolute atomic E-state index is 11.9. The summed E-state index contributed by atoms with van der Waals surface area (Å²) in [5.74, 6) is 2.68. The summed E-state index contributed by atoms with van der Waals surface area (Å²) in [7, 11) is 0. The van der Waals surface area contributed by atoms with Gasteiger partial charge < -0.3 is 15.1 Å². The number of hydrogen-bond donors (Lipinski definition) is 2. The van der Waals surface area contributed by atoms with Gasteiger partial charge in [0, 0.05) is 17.8 Å². The van der Waals surface area contributed by atoms with Crippen LogP contribution in [0.3, 0.4) is 0 Å². The molecular formula is C16H28N2O2S. The fraction of sp³-hybridized carbons (Fsp3) is 0.688. The molecule has 1 rings (SSSR count). The van der Waals surface area contributed by atoms with Gasteiger partial charge in [-0.3, -0.25) is 0 Å². The number of urea groups is 1. The molecule has 0 aliphatic rings. The molecule has 0 saturated carbocycles. The fourth-order valence-corrected chi connectivity index (χ4v) is 3.28. The third-order valence-electron chi connectivity index (χ3n) is 2.78. The van der Waals surface area contributed by atoms with E-state index >= 15 is 0 Å². The summed E-state index contributed by atoms with van der Waals surface area (Å²) in [6.07, 6.45) is 2.61. The second-order valence-corrected chi connectivity index (χ2v) is 8.24. The number of amides is 2. The van der Waals surface area contributed by atoms with Gasteiger partial charge >= 0.3 is 6.03 Å². The van der Waals surface area contributed by atoms with Gasteiger partial charge in [-0.05, 0) is 37.8 Å². The van der Waals surface area contributed by atoms with Crippen molar-refractivity contribution in [3.05, 3.63) is 24.2 Å². The number of rotatable bonds is 7. The van der Waals surface area contributed by atoms with Gasteiger partial charge in [-0.25, -0.2) is 4.79 Å². The SMILES string of the molecule is CC(C)(C)CC(C)(C)NC(=O)NCCSCc1ccco1. The molecule has 4 nitrogen and oxygen atoms in total. The van der Waals surface area contributed by atoms with Crippen LogP contribution in [0.1, 0.15) is 46.8 Å². The molecule has 1 aromatic heterocycles. The highest BCUT2D eigenvalue weighted by Gasteiger charge is 2.26. The predicted octanol–water partition coefficient (Wildman–Crippen LogP) is 4.03. The largest absolute Gasteiger partial charge is 0.468 e. The Labute approximate surface area is 132 Å². The lowest BCUT2D eigenvalue weighted by molar-refractivity contribution is 0.211. The number of carbonyl (C=O) groups excluding carboxylic acids is 1. The van der Waals surface area contributed by atoms with Crippen LogP contribution in [-0.2, 0) is 5.75 Å². The van der Waals surface area contributed by atoms with Crippen LogP contribution in [0.25, 0.3) is 0 Å². The van der Waals surface area contributed by atoms with Crippen molar-refractivity contribution in [2.24, 2.45) is 5.41 Å². The lowest BCUT2D eigenvalue weighted by atomic mass is 9.82. The molecule has 0 aliphatic heterocycles. The lowest BCUT2D eigenvalue weighted by Crippen LogP contribution is -2.50. The van der Waals surface area contributed by atoms with E-state index in [9.17, 15) is 4.79 Å². The van der Waals surface area contributed by atoms with Crippen molar-refractivity contribution in [1.29, 1.82) is 0 Å². The maximum Gasteiger partial charge on any atom is 0.315 e. The Morgan fingerprint density at radius 2 is 2.00 bits per heavy atom. The third-order valence-corrected chi connectivity index (χ3v) is 3.76. The van der Waals surface area contributed by atoms with Gasteiger partial charge in [0.2, 0.25) is 0 Å². The quantitative estimate of drug-likeness (QED) is 0.747. The zero-order valence-corrected chi connectivity index (χ0v) is 14.6. The molecule has 0 unspecified atom stereocenters. The van der Waals surface area contributed by atoms with E-state index in [0.29, 0.717) is 6.54 Å². The average Bonchev–Trinajstić information content (AvgIpc) is 2.77. The molecule has 1 heterocycles. The smallest absolute Gasteiger partial charge is 0.315 e. The van der Waals surface area contributed by atoms with E-state index in [1.54, 1.807) is 18.0 Å². The molecule has 0 fully saturated rings. The van der Waals surface area contributed by atoms with E-state index in [1.807, 2.05) is 12.1 Å². The molecule has 0 aromatic carbocycles. The van der Waals surface area contributed by atoms with Crippen molar-refractivity contribution in [3.63, 3.8) is 0 Å². The molecule has 2 amide bonds. The van der Waals surface area contributed by atoms with Crippen molar-refractivity contribution >= 4 is 17.8 Å². The molecule has 0 radical (unpaired) electrons. The molecule has 1 aromatic rings. The van der Waals surface area contributed by atoms with E-state index < -0.39 is 0 Å². The van der Waals surface area contributed by atoms with Crippen molar-refractivity contribution < 1.29 is 9.21 Å². The van der Waals surface area contributed by atoms with E-state index in [0.717, 1.165) is 23.7 Å². The molecule has 0 saturated heterocycles. The Morgan fingerprint density at radius 3 is 2.57 bits per heavy atom. The van der Waals surface area contributed by atoms with E-state index in [1.165, 1.54) is 0 Å². The first-order valence-corrected chi connectivity index (χ1v) is 8.50. The summed E-state index contributed by atoms with van der Waals surface area (Å²) in [5, 5.41) is 5.94. The van der Waals surface area contributed by atoms with E-state index in [4.69, 9.17) is 4.42 Å². The maximum atomic E-state index is 11.9. The number of carbonyl (C=O) groups is 1. The zero-order chi connectivity index (χ0) is 15.9. The summed E-state index contributed by atoms with van der Waals surface area (Å²) in [6.45, 7) is 11.3. The van der Waals surface area contributed by atoms with Crippen LogP contribution in [0.2, 0.25) is 0 Å². The highest BCUT2D eigenvalue weighted by molar-refractivity contribution is 7.98. The molecule has 2 N–H and O–H groups in total. The van der Waals surface area contributed by atoms with Crippen molar-refractivity contribution in [3.8, 4) is 0 Å². The summed E-state index contributed by atoms with van der Waals surface area (Å²) in [4.78, 5) is 11.9. The molecule has 0 bridgehead atoms. The molecular weight excluding hydrogens is 284 g/mol. The minimum Gasteiger partial charge on any atom is -0.468 e. The van der Waals surface area contributed by atoms with Gasteiger partial charge in [0.05, 0.1) is 12.0 Å². The Balaban J connectivity index is 2.15. The van der Waals surface area contributed by atoms with Crippen molar-refractivity contribution in [2.75, 3.05) is 12.3 Å². The lowest BCUT2D eigenvalue weighted by Gasteiger charge is -2.33. The molecule has 0 aliphatic carbocycles. The van der Waals surface area contributed by atoms with Crippen LogP contribution in [-0.4, -0.2) is 23.9 Å². The Hall–Kier alpha value is -1.10. The molecule has 120 valence electrons. The van der Waals surface area contributed by atoms with Crippen molar-refractivity contribution in [2.45, 2.75) is 52.3 Å². The fourth-order valence-electron chi connectivity index (χ4n) is 2.53. The van der Waals surface area contributed by atoms with Gasteiger partial charge in [-0.15, -0.1) is 0 Å². The third kappa shape index (κ3) is 8.71. The number of nitrogens with one attached hydrogen (secondary N) is 2. The Morgan fingerprint density at radius 1 is 1.29 bits per heavy atom. The monoisotopic (exact) mass is 312 g/mol. The number of furan rings is 1. The van der Waals surface area contributed by atoms with Gasteiger partial charge in [-0.2, -0.15) is 11.8 Å². The first-order valence-electron chi connectivity index (χ1n) is 7.34. The summed E-state index contributed by atoms with van der Waals surface area (Å²) < 4.78 is 5.25. The van der Waals surface area contributed by atoms with Gasteiger partial charge in [0.15, 0.2) is 0 Å². The zero-order valence-electron chi connectivity index (χ0n) is 13.8. The summed E-state index contributed by atoms with van der Waals surface area (Å²) in [5.41, 5.74) is -0.0146. The van der Waals surface area contributed by atoms with E-state index in [2.05, 4.69) is 45.3 Å². The van der Waals surface area contributed by atoms with Gasteiger partial charge in [0.1, 0.15) is 5.76 Å². The number of hydrogen-bond acceptors (Lipinski definition) is 3. The van der Waals surface area contributed by atoms with Crippen molar-refractivity contribution in [1.82, 2.24) is 10.6 Å². The second kappa shape index (κ2) is 7.78. The predicted molar refractivity (Wildman–Crippen MR) is 89.6 cm³/mol. The van der Waals surface area contributed by atoms with Gasteiger partial charge in [-0.1, -0.05) is 20.8 Å². The van der Waals surface area contributed by atoms with Crippen LogP contribution in [0, 0.1) is 5.41 Å². The summed E-state index contributed by atoms with van der Waals surface area (Å²) in [6, 6.07) is 3.75. The minimum absolute atomic E-state index is 0.0946. The van der Waals surface area contributed by atoms with Gasteiger partial charge in [0.25, 0.3) is 0 Å². The Bertz CT molecular complexity index is 422. The first-order chi connectivity index (χ1) is 9.68. The molecule has 0 atom stereocenters. The van der Waals surface area contributed by atoms with Crippen LogP contribution in [0.4, 0.5) is 4.79 Å². The highest BCUT2D eigenvalue weighted by atomic mass is 32.2. The molecule has 5 heteroatoms. The number of thioether (sulfide) groups is 1. The first kappa shape index (κ1) is 18.0. The Kier molecular flexibility index (Phi) is 6.65. The molecule has 21 heavy (non-hydrogen) atoms. The molecule has 0 spiro atoms. The van der Waals surface area contributed by atoms with Crippen LogP contribution < -0.4 is 10.6 Å². The highest BCUT2D eigenvalue weighted by Crippen LogP contribution is 2.26. The van der Waals surface area contributed by atoms with Crippen LogP contribution >= 0.6 is 11.8 Å². The van der Waals surface area contributed by atoms with Crippen LogP contribution in [0.5, 0.6) is 0 Å². The topological polar surface area (TPSA) is 54.3 Å². The minimum atomic E-state index is -0.205. The van der Waals surface area contributed by atoms with Crippen LogP contribution in [0.15, 0.2) is 22.8 Å². The second-order valence-electron chi connectivity index (χ2n) is 7.13.